The molecule has 0 aliphatic heterocycles. The summed E-state index contributed by atoms with van der Waals surface area (Å²) in [6.07, 6.45) is 6.80. The second kappa shape index (κ2) is 12.5. The number of ether oxygens (including phenoxy) is 2. The molecule has 2 aromatic heterocycles. The van der Waals surface area contributed by atoms with Crippen molar-refractivity contribution >= 4 is 21.7 Å². The number of methoxy groups -OCH3 is 2. The van der Waals surface area contributed by atoms with E-state index in [1.54, 1.807) is 56.8 Å². The normalized spacial score (nSPS) is 13.5. The molecule has 0 radical (unpaired) electrons. The third-order valence-electron chi connectivity index (χ3n) is 5.70. The highest BCUT2D eigenvalue weighted by atomic mass is 32.2. The van der Waals surface area contributed by atoms with Gasteiger partial charge in [0, 0.05) is 37.3 Å². The molecule has 2 unspecified atom stereocenters. The first-order chi connectivity index (χ1) is 17.6. The number of hydrazine groups is 1. The molecule has 0 aliphatic carbocycles. The Bertz CT molecular complexity index is 1310. The fourth-order valence-electron chi connectivity index (χ4n) is 3.43. The lowest BCUT2D eigenvalue weighted by molar-refractivity contribution is 0.398. The quantitative estimate of drug-likeness (QED) is 0.205. The van der Waals surface area contributed by atoms with Gasteiger partial charge in [0.1, 0.15) is 23.0 Å². The van der Waals surface area contributed by atoms with Crippen molar-refractivity contribution in [1.29, 1.82) is 0 Å². The van der Waals surface area contributed by atoms with Crippen molar-refractivity contribution in [3.8, 4) is 11.5 Å². The Kier molecular flexibility index (Phi) is 9.36. The van der Waals surface area contributed by atoms with E-state index in [4.69, 9.17) is 9.47 Å². The number of para-hydroxylation sites is 1. The Morgan fingerprint density at radius 1 is 1.00 bits per heavy atom. The van der Waals surface area contributed by atoms with Crippen molar-refractivity contribution in [2.24, 2.45) is 4.40 Å². The van der Waals surface area contributed by atoms with Crippen molar-refractivity contribution in [1.82, 2.24) is 25.8 Å². The van der Waals surface area contributed by atoms with E-state index in [1.807, 2.05) is 19.9 Å². The van der Waals surface area contributed by atoms with Gasteiger partial charge in [-0.15, -0.1) is 4.40 Å². The van der Waals surface area contributed by atoms with Gasteiger partial charge in [-0.05, 0) is 49.6 Å². The van der Waals surface area contributed by atoms with Gasteiger partial charge in [-0.25, -0.2) is 23.8 Å². The Hall–Kier alpha value is -3.77. The predicted octanol–water partition coefficient (Wildman–Crippen LogP) is 3.09. The van der Waals surface area contributed by atoms with Crippen LogP contribution in [0.25, 0.3) is 0 Å². The minimum absolute atomic E-state index is 0.0627. The third kappa shape index (κ3) is 7.37. The van der Waals surface area contributed by atoms with Gasteiger partial charge in [0.2, 0.25) is 5.96 Å². The van der Waals surface area contributed by atoms with Gasteiger partial charge in [0.25, 0.3) is 10.0 Å². The highest BCUT2D eigenvalue weighted by Crippen LogP contribution is 2.34. The molecule has 3 rings (SSSR count). The summed E-state index contributed by atoms with van der Waals surface area (Å²) < 4.78 is 41.7. The van der Waals surface area contributed by atoms with Gasteiger partial charge in [-0.3, -0.25) is 10.4 Å². The van der Waals surface area contributed by atoms with Crippen LogP contribution < -0.4 is 25.6 Å². The Morgan fingerprint density at radius 3 is 2.24 bits per heavy atom. The maximum absolute atomic E-state index is 13.4. The van der Waals surface area contributed by atoms with Crippen LogP contribution in [0.2, 0.25) is 0 Å². The molecule has 0 aliphatic rings. The number of nitrogens with zero attached hydrogens (tertiary/aromatic N) is 4. The number of sulfonamides is 1. The molecular formula is C25H33N7O4S. The summed E-state index contributed by atoms with van der Waals surface area (Å²) in [6.45, 7) is 7.52. The molecule has 0 bridgehead atoms. The van der Waals surface area contributed by atoms with Gasteiger partial charge in [-0.1, -0.05) is 19.1 Å². The van der Waals surface area contributed by atoms with Crippen LogP contribution in [0, 0.1) is 13.8 Å². The molecular weight excluding hydrogens is 494 g/mol. The first kappa shape index (κ1) is 27.8. The lowest BCUT2D eigenvalue weighted by Crippen LogP contribution is -2.42. The van der Waals surface area contributed by atoms with E-state index in [-0.39, 0.29) is 5.96 Å². The number of hydrogen-bond donors (Lipinski definition) is 3. The maximum atomic E-state index is 13.4. The number of hydrogen-bond acceptors (Lipinski definition) is 8. The molecule has 3 aromatic rings. The van der Waals surface area contributed by atoms with Crippen LogP contribution in [0.1, 0.15) is 42.3 Å². The molecule has 12 heteroatoms. The largest absolute Gasteiger partial charge is 0.494 e. The third-order valence-corrected chi connectivity index (χ3v) is 7.49. The number of guanidine groups is 1. The van der Waals surface area contributed by atoms with E-state index in [0.717, 1.165) is 16.7 Å². The molecule has 198 valence electrons. The summed E-state index contributed by atoms with van der Waals surface area (Å²) in [5.41, 5.74) is 9.09. The van der Waals surface area contributed by atoms with Gasteiger partial charge in [-0.2, -0.15) is 0 Å². The molecule has 37 heavy (non-hydrogen) atoms. The fraction of sp³-hybridized carbons (Fsp3) is 0.360. The number of rotatable bonds is 10. The molecule has 0 saturated carbocycles. The number of anilines is 1. The zero-order valence-electron chi connectivity index (χ0n) is 21.8. The standard InChI is InChI=1S/C25H33N7O4S/c1-16-10-20(14-26-11-16)15-29-31-25(30-23-21(35-5)8-7-9-22(23)36-6)32-37(33,34)19(4)18(3)24-27-12-17(2)13-28-24/h7-14,18-19,29H,15H2,1-6H3,(H2,30,31,32). The average Bonchev–Trinajstić information content (AvgIpc) is 2.88. The highest BCUT2D eigenvalue weighted by Gasteiger charge is 2.30. The van der Waals surface area contributed by atoms with E-state index in [1.165, 1.54) is 14.2 Å². The second-order valence-corrected chi connectivity index (χ2v) is 10.5. The fourth-order valence-corrected chi connectivity index (χ4v) is 4.58. The van der Waals surface area contributed by atoms with E-state index in [2.05, 4.69) is 35.5 Å². The number of aryl methyl sites for hydroxylation is 2. The van der Waals surface area contributed by atoms with Crippen LogP contribution in [0.4, 0.5) is 5.69 Å². The van der Waals surface area contributed by atoms with Crippen LogP contribution in [0.15, 0.2) is 53.5 Å². The van der Waals surface area contributed by atoms with Gasteiger partial charge >= 0.3 is 0 Å². The monoisotopic (exact) mass is 527 g/mol. The molecule has 3 N–H and O–H groups in total. The van der Waals surface area contributed by atoms with Crippen molar-refractivity contribution in [2.75, 3.05) is 19.5 Å². The van der Waals surface area contributed by atoms with Gasteiger partial charge in [0.05, 0.1) is 19.5 Å². The summed E-state index contributed by atoms with van der Waals surface area (Å²) in [5, 5.41) is 2.11. The first-order valence-electron chi connectivity index (χ1n) is 11.6. The Balaban J connectivity index is 1.91. The van der Waals surface area contributed by atoms with Crippen molar-refractivity contribution in [3.05, 3.63) is 71.6 Å². The first-order valence-corrected chi connectivity index (χ1v) is 13.1. The maximum Gasteiger partial charge on any atom is 0.259 e. The molecule has 2 heterocycles. The molecule has 0 fully saturated rings. The number of nitrogens with one attached hydrogen (secondary N) is 3. The molecule has 0 amide bonds. The minimum Gasteiger partial charge on any atom is -0.494 e. The summed E-state index contributed by atoms with van der Waals surface area (Å²) in [6, 6.07) is 7.18. The summed E-state index contributed by atoms with van der Waals surface area (Å²) in [5.74, 6) is 0.762. The molecule has 0 spiro atoms. The zero-order chi connectivity index (χ0) is 27.0. The van der Waals surface area contributed by atoms with Crippen molar-refractivity contribution in [2.45, 2.75) is 45.4 Å². The lowest BCUT2D eigenvalue weighted by atomic mass is 10.1. The summed E-state index contributed by atoms with van der Waals surface area (Å²) in [4.78, 5) is 12.8. The zero-order valence-corrected chi connectivity index (χ0v) is 22.6. The topological polar surface area (TPSA) is 140 Å². The smallest absolute Gasteiger partial charge is 0.259 e. The van der Waals surface area contributed by atoms with Crippen molar-refractivity contribution < 1.29 is 17.9 Å². The minimum atomic E-state index is -4.03. The van der Waals surface area contributed by atoms with Crippen LogP contribution >= 0.6 is 0 Å². The van der Waals surface area contributed by atoms with E-state index < -0.39 is 21.2 Å². The van der Waals surface area contributed by atoms with E-state index in [0.29, 0.717) is 29.6 Å². The van der Waals surface area contributed by atoms with Gasteiger partial charge in [0.15, 0.2) is 0 Å². The lowest BCUT2D eigenvalue weighted by Gasteiger charge is -2.20. The molecule has 2 atom stereocenters. The SMILES string of the molecule is COc1cccc(OC)c1NC(=NS(=O)(=O)C(C)C(C)c1ncc(C)cn1)NNCc1cncc(C)c1. The number of benzene rings is 1. The molecule has 11 nitrogen and oxygen atoms in total. The summed E-state index contributed by atoms with van der Waals surface area (Å²) in [7, 11) is -1.01. The van der Waals surface area contributed by atoms with Crippen LogP contribution in [0.3, 0.4) is 0 Å². The van der Waals surface area contributed by atoms with E-state index in [9.17, 15) is 8.42 Å². The predicted molar refractivity (Wildman–Crippen MR) is 143 cm³/mol. The Labute approximate surface area is 217 Å². The average molecular weight is 528 g/mol. The Morgan fingerprint density at radius 2 is 1.65 bits per heavy atom. The van der Waals surface area contributed by atoms with Crippen LogP contribution in [0.5, 0.6) is 11.5 Å². The summed E-state index contributed by atoms with van der Waals surface area (Å²) >= 11 is 0. The van der Waals surface area contributed by atoms with E-state index >= 15 is 0 Å². The molecule has 0 saturated heterocycles. The van der Waals surface area contributed by atoms with Crippen LogP contribution in [-0.2, 0) is 16.6 Å². The van der Waals surface area contributed by atoms with Gasteiger partial charge < -0.3 is 14.8 Å². The highest BCUT2D eigenvalue weighted by molar-refractivity contribution is 7.90. The number of pyridine rings is 1. The molecule has 1 aromatic carbocycles. The second-order valence-electron chi connectivity index (χ2n) is 8.58. The van der Waals surface area contributed by atoms with Crippen molar-refractivity contribution in [3.63, 3.8) is 0 Å². The number of aromatic nitrogens is 3. The van der Waals surface area contributed by atoms with Crippen LogP contribution in [-0.4, -0.2) is 48.8 Å².